The summed E-state index contributed by atoms with van der Waals surface area (Å²) in [6.07, 6.45) is 4.08. The van der Waals surface area contributed by atoms with Crippen molar-refractivity contribution in [2.75, 3.05) is 5.75 Å². The second-order valence-electron chi connectivity index (χ2n) is 9.76. The molecule has 0 saturated heterocycles. The van der Waals surface area contributed by atoms with Crippen molar-refractivity contribution < 1.29 is 17.6 Å². The molecule has 0 atom stereocenters. The predicted molar refractivity (Wildman–Crippen MR) is 147 cm³/mol. The number of aromatic nitrogens is 4. The molecule has 1 saturated carbocycles. The minimum absolute atomic E-state index is 0.00160. The first-order chi connectivity index (χ1) is 18.6. The largest absolute Gasteiger partial charge is 0.333 e. The van der Waals surface area contributed by atoms with E-state index in [1.54, 1.807) is 43.5 Å². The van der Waals surface area contributed by atoms with Gasteiger partial charge >= 0.3 is 0 Å². The summed E-state index contributed by atoms with van der Waals surface area (Å²) in [4.78, 5) is 38.0. The monoisotopic (exact) mass is 564 g/mol. The quantitative estimate of drug-likeness (QED) is 0.223. The number of halogens is 2. The molecular weight excluding hydrogens is 543 g/mol. The highest BCUT2D eigenvalue weighted by atomic mass is 35.5. The number of hydrogen-bond donors (Lipinski definition) is 1. The number of carbonyl (C=O) groups is 1. The number of aromatic amines is 1. The number of benzene rings is 1. The normalized spacial score (nSPS) is 13.8. The van der Waals surface area contributed by atoms with E-state index in [4.69, 9.17) is 11.6 Å². The van der Waals surface area contributed by atoms with Crippen LogP contribution in [0.5, 0.6) is 0 Å². The van der Waals surface area contributed by atoms with Gasteiger partial charge in [-0.15, -0.1) is 0 Å². The number of rotatable bonds is 7. The van der Waals surface area contributed by atoms with E-state index in [9.17, 15) is 22.4 Å². The Labute approximate surface area is 227 Å². The SMILES string of the molecule is Cc1cc2c(-c3ccc[nH]c3=O)c(C(=O)CS(=O)(=O)C3CC3)n(Cc3cc4cccnc4nc3Cl)c2cc1F. The van der Waals surface area contributed by atoms with Crippen molar-refractivity contribution >= 4 is 49.2 Å². The van der Waals surface area contributed by atoms with Crippen molar-refractivity contribution in [2.45, 2.75) is 31.6 Å². The van der Waals surface area contributed by atoms with Gasteiger partial charge in [0.15, 0.2) is 21.3 Å². The molecule has 1 aliphatic carbocycles. The Morgan fingerprint density at radius 1 is 1.21 bits per heavy atom. The van der Waals surface area contributed by atoms with Gasteiger partial charge in [0, 0.05) is 39.9 Å². The van der Waals surface area contributed by atoms with Crippen LogP contribution in [0.3, 0.4) is 0 Å². The van der Waals surface area contributed by atoms with Gasteiger partial charge in [0.05, 0.1) is 23.0 Å². The Balaban J connectivity index is 1.65. The Kier molecular flexibility index (Phi) is 6.11. The highest BCUT2D eigenvalue weighted by Gasteiger charge is 2.38. The lowest BCUT2D eigenvalue weighted by atomic mass is 10.0. The van der Waals surface area contributed by atoms with E-state index in [1.165, 1.54) is 16.8 Å². The number of sulfone groups is 1. The van der Waals surface area contributed by atoms with Crippen LogP contribution in [0, 0.1) is 12.7 Å². The summed E-state index contributed by atoms with van der Waals surface area (Å²) in [5.74, 6) is -1.91. The van der Waals surface area contributed by atoms with E-state index < -0.39 is 38.0 Å². The minimum atomic E-state index is -3.69. The Hall–Kier alpha value is -3.89. The number of nitrogens with one attached hydrogen (secondary N) is 1. The number of ketones is 1. The Bertz CT molecular complexity index is 1980. The van der Waals surface area contributed by atoms with Crippen LogP contribution in [0.1, 0.15) is 34.5 Å². The lowest BCUT2D eigenvalue weighted by Crippen LogP contribution is -2.23. The average molecular weight is 565 g/mol. The third-order valence-corrected chi connectivity index (χ3v) is 9.48. The predicted octanol–water partition coefficient (Wildman–Crippen LogP) is 4.85. The summed E-state index contributed by atoms with van der Waals surface area (Å²) in [6.45, 7) is 1.56. The van der Waals surface area contributed by atoms with Crippen LogP contribution in [0.4, 0.5) is 4.39 Å². The molecule has 1 aliphatic rings. The van der Waals surface area contributed by atoms with Gasteiger partial charge in [-0.3, -0.25) is 9.59 Å². The van der Waals surface area contributed by atoms with Gasteiger partial charge in [0.25, 0.3) is 5.56 Å². The van der Waals surface area contributed by atoms with Crippen molar-refractivity contribution in [1.82, 2.24) is 19.5 Å². The van der Waals surface area contributed by atoms with E-state index in [0.29, 0.717) is 45.9 Å². The van der Waals surface area contributed by atoms with Gasteiger partial charge in [-0.25, -0.2) is 22.8 Å². The number of Topliss-reactive ketones (excluding diaryl/α,β-unsaturated/α-hetero) is 1. The van der Waals surface area contributed by atoms with Crippen LogP contribution >= 0.6 is 11.6 Å². The number of pyridine rings is 3. The van der Waals surface area contributed by atoms with Crippen LogP contribution in [-0.4, -0.2) is 44.7 Å². The number of hydrogen-bond acceptors (Lipinski definition) is 6. The third kappa shape index (κ3) is 4.53. The van der Waals surface area contributed by atoms with Gasteiger partial charge in [-0.05, 0) is 67.8 Å². The summed E-state index contributed by atoms with van der Waals surface area (Å²) in [5.41, 5.74) is 1.55. The zero-order valence-corrected chi connectivity index (χ0v) is 22.3. The highest BCUT2D eigenvalue weighted by Crippen LogP contribution is 2.38. The van der Waals surface area contributed by atoms with Crippen LogP contribution in [-0.2, 0) is 16.4 Å². The summed E-state index contributed by atoms with van der Waals surface area (Å²) in [7, 11) is -3.69. The molecule has 1 fully saturated rings. The second-order valence-corrected chi connectivity index (χ2v) is 12.4. The molecule has 1 N–H and O–H groups in total. The molecule has 0 spiro atoms. The molecule has 0 unspecified atom stereocenters. The number of aryl methyl sites for hydroxylation is 1. The van der Waals surface area contributed by atoms with Gasteiger partial charge in [-0.2, -0.15) is 0 Å². The van der Waals surface area contributed by atoms with E-state index in [0.717, 1.165) is 0 Å². The molecule has 11 heteroatoms. The molecule has 198 valence electrons. The minimum Gasteiger partial charge on any atom is -0.333 e. The van der Waals surface area contributed by atoms with Crippen LogP contribution < -0.4 is 5.56 Å². The standard InChI is InChI=1S/C28H22ClFN4O4S/c1-15-10-20-22(12-21(15)30)34(13-17-11-16-4-2-8-31-27(16)33-26(17)29)25(23(35)14-39(37,38)18-6-7-18)24(20)19-5-3-9-32-28(19)36/h2-5,8-12,18H,6-7,13-14H2,1H3,(H,32,36). The second kappa shape index (κ2) is 9.39. The van der Waals surface area contributed by atoms with Crippen molar-refractivity contribution in [2.24, 2.45) is 0 Å². The van der Waals surface area contributed by atoms with Crippen LogP contribution in [0.15, 0.2) is 59.7 Å². The number of nitrogens with zero attached hydrogens (tertiary/aromatic N) is 3. The average Bonchev–Trinajstić information content (AvgIpc) is 3.71. The fraction of sp³-hybridized carbons (Fsp3) is 0.214. The van der Waals surface area contributed by atoms with E-state index in [2.05, 4.69) is 15.0 Å². The summed E-state index contributed by atoms with van der Waals surface area (Å²) < 4.78 is 42.3. The summed E-state index contributed by atoms with van der Waals surface area (Å²) in [5, 5.41) is 0.747. The molecule has 1 aromatic carbocycles. The summed E-state index contributed by atoms with van der Waals surface area (Å²) >= 11 is 6.52. The number of fused-ring (bicyclic) bond motifs is 2. The van der Waals surface area contributed by atoms with Crippen molar-refractivity contribution in [3.8, 4) is 11.1 Å². The molecule has 4 heterocycles. The first-order valence-corrected chi connectivity index (χ1v) is 14.4. The Morgan fingerprint density at radius 3 is 2.74 bits per heavy atom. The maximum Gasteiger partial charge on any atom is 0.255 e. The van der Waals surface area contributed by atoms with Crippen molar-refractivity contribution in [3.63, 3.8) is 0 Å². The van der Waals surface area contributed by atoms with Gasteiger partial charge < -0.3 is 9.55 Å². The zero-order chi connectivity index (χ0) is 27.5. The van der Waals surface area contributed by atoms with Crippen LogP contribution in [0.25, 0.3) is 33.1 Å². The van der Waals surface area contributed by atoms with E-state index in [-0.39, 0.29) is 28.5 Å². The van der Waals surface area contributed by atoms with Gasteiger partial charge in [0.1, 0.15) is 16.7 Å². The fourth-order valence-corrected chi connectivity index (χ4v) is 6.71. The topological polar surface area (TPSA) is 115 Å². The van der Waals surface area contributed by atoms with Crippen LogP contribution in [0.2, 0.25) is 5.15 Å². The zero-order valence-electron chi connectivity index (χ0n) is 20.7. The first-order valence-electron chi connectivity index (χ1n) is 12.3. The van der Waals surface area contributed by atoms with Crippen molar-refractivity contribution in [3.05, 3.63) is 93.0 Å². The maximum atomic E-state index is 15.0. The number of H-pyrrole nitrogens is 1. The molecule has 0 bridgehead atoms. The molecule has 0 radical (unpaired) electrons. The molecule has 8 nitrogen and oxygen atoms in total. The van der Waals surface area contributed by atoms with Crippen molar-refractivity contribution in [1.29, 1.82) is 0 Å². The van der Waals surface area contributed by atoms with Gasteiger partial charge in [-0.1, -0.05) is 11.6 Å². The molecule has 6 rings (SSSR count). The lowest BCUT2D eigenvalue weighted by molar-refractivity contribution is 0.101. The lowest BCUT2D eigenvalue weighted by Gasteiger charge is -2.13. The fourth-order valence-electron chi connectivity index (χ4n) is 4.93. The van der Waals surface area contributed by atoms with Gasteiger partial charge in [0.2, 0.25) is 0 Å². The highest BCUT2D eigenvalue weighted by molar-refractivity contribution is 7.93. The molecule has 39 heavy (non-hydrogen) atoms. The molecular formula is C28H22ClFN4O4S. The molecule has 4 aromatic heterocycles. The Morgan fingerprint density at radius 2 is 2.00 bits per heavy atom. The summed E-state index contributed by atoms with van der Waals surface area (Å²) in [6, 6.07) is 11.4. The number of carbonyl (C=O) groups excluding carboxylic acids is 1. The molecule has 0 aliphatic heterocycles. The maximum absolute atomic E-state index is 15.0. The van der Waals surface area contributed by atoms with E-state index in [1.807, 2.05) is 6.07 Å². The molecule has 5 aromatic rings. The van der Waals surface area contributed by atoms with E-state index >= 15 is 0 Å². The third-order valence-electron chi connectivity index (χ3n) is 7.00. The molecule has 0 amide bonds. The smallest absolute Gasteiger partial charge is 0.255 e. The first kappa shape index (κ1) is 25.4.